The molecule has 0 aromatic carbocycles. The molecule has 68 valence electrons. The SMILES string of the molecule is CC1CN(CCN=[N+]=[N-])CCS1. The van der Waals surface area contributed by atoms with Crippen LogP contribution in [0.15, 0.2) is 5.11 Å². The summed E-state index contributed by atoms with van der Waals surface area (Å²) in [6, 6.07) is 0. The Balaban J connectivity index is 2.18. The van der Waals surface area contributed by atoms with E-state index in [0.717, 1.165) is 24.9 Å². The first kappa shape index (κ1) is 9.71. The molecular weight excluding hydrogens is 172 g/mol. The second-order valence-corrected chi connectivity index (χ2v) is 4.48. The van der Waals surface area contributed by atoms with Crippen LogP contribution in [0.2, 0.25) is 0 Å². The second kappa shape index (κ2) is 5.30. The van der Waals surface area contributed by atoms with Crippen molar-refractivity contribution in [3.05, 3.63) is 10.4 Å². The summed E-state index contributed by atoms with van der Waals surface area (Å²) in [6.07, 6.45) is 0. The number of nitrogens with zero attached hydrogens (tertiary/aromatic N) is 4. The number of azide groups is 1. The van der Waals surface area contributed by atoms with E-state index in [0.29, 0.717) is 6.54 Å². The van der Waals surface area contributed by atoms with Crippen LogP contribution >= 0.6 is 11.8 Å². The molecule has 0 aromatic heterocycles. The lowest BCUT2D eigenvalue weighted by Crippen LogP contribution is -2.38. The smallest absolute Gasteiger partial charge is 0.0385 e. The Morgan fingerprint density at radius 3 is 3.25 bits per heavy atom. The molecule has 4 nitrogen and oxygen atoms in total. The van der Waals surface area contributed by atoms with Crippen molar-refractivity contribution in [2.45, 2.75) is 12.2 Å². The zero-order valence-electron chi connectivity index (χ0n) is 7.31. The molecule has 1 unspecified atom stereocenters. The van der Waals surface area contributed by atoms with Crippen LogP contribution in [0.1, 0.15) is 6.92 Å². The molecule has 0 radical (unpaired) electrons. The van der Waals surface area contributed by atoms with Crippen LogP contribution in [0, 0.1) is 0 Å². The third-order valence-corrected chi connectivity index (χ3v) is 3.04. The Hall–Kier alpha value is -0.380. The van der Waals surface area contributed by atoms with Gasteiger partial charge in [-0.1, -0.05) is 12.0 Å². The van der Waals surface area contributed by atoms with Crippen LogP contribution in [0.4, 0.5) is 0 Å². The van der Waals surface area contributed by atoms with E-state index in [9.17, 15) is 0 Å². The number of hydrogen-bond acceptors (Lipinski definition) is 3. The van der Waals surface area contributed by atoms with Crippen molar-refractivity contribution in [3.63, 3.8) is 0 Å². The molecule has 5 heteroatoms. The van der Waals surface area contributed by atoms with Gasteiger partial charge >= 0.3 is 0 Å². The minimum atomic E-state index is 0.605. The fourth-order valence-electron chi connectivity index (χ4n) is 1.32. The Bertz CT molecular complexity index is 178. The quantitative estimate of drug-likeness (QED) is 0.383. The maximum absolute atomic E-state index is 8.08. The van der Waals surface area contributed by atoms with Crippen molar-refractivity contribution < 1.29 is 0 Å². The molecule has 0 spiro atoms. The normalized spacial score (nSPS) is 24.9. The molecule has 0 aliphatic carbocycles. The van der Waals surface area contributed by atoms with Gasteiger partial charge in [0.25, 0.3) is 0 Å². The second-order valence-electron chi connectivity index (χ2n) is 2.94. The summed E-state index contributed by atoms with van der Waals surface area (Å²) in [5, 5.41) is 4.25. The molecule has 1 rings (SSSR count). The van der Waals surface area contributed by atoms with Crippen molar-refractivity contribution in [2.75, 3.05) is 31.9 Å². The average molecular weight is 186 g/mol. The van der Waals surface area contributed by atoms with Gasteiger partial charge in [-0.3, -0.25) is 0 Å². The lowest BCUT2D eigenvalue weighted by atomic mass is 10.4. The molecule has 0 amide bonds. The summed E-state index contributed by atoms with van der Waals surface area (Å²) in [5.41, 5.74) is 8.08. The fraction of sp³-hybridized carbons (Fsp3) is 1.00. The number of hydrogen-bond donors (Lipinski definition) is 0. The summed E-state index contributed by atoms with van der Waals surface area (Å²) in [4.78, 5) is 5.09. The Kier molecular flexibility index (Phi) is 4.29. The van der Waals surface area contributed by atoms with Crippen molar-refractivity contribution >= 4 is 11.8 Å². The molecule has 1 fully saturated rings. The van der Waals surface area contributed by atoms with Crippen LogP contribution in [0.5, 0.6) is 0 Å². The first-order chi connectivity index (χ1) is 5.83. The zero-order chi connectivity index (χ0) is 8.81. The number of thioether (sulfide) groups is 1. The van der Waals surface area contributed by atoms with Gasteiger partial charge < -0.3 is 4.90 Å². The predicted octanol–water partition coefficient (Wildman–Crippen LogP) is 1.73. The van der Waals surface area contributed by atoms with Gasteiger partial charge in [0, 0.05) is 42.1 Å². The van der Waals surface area contributed by atoms with Crippen LogP contribution in [-0.4, -0.2) is 42.1 Å². The molecule has 0 bridgehead atoms. The van der Waals surface area contributed by atoms with Crippen molar-refractivity contribution in [2.24, 2.45) is 5.11 Å². The van der Waals surface area contributed by atoms with E-state index in [2.05, 4.69) is 21.8 Å². The van der Waals surface area contributed by atoms with Crippen molar-refractivity contribution in [1.82, 2.24) is 4.90 Å². The van der Waals surface area contributed by atoms with Gasteiger partial charge in [-0.05, 0) is 5.53 Å². The van der Waals surface area contributed by atoms with E-state index in [1.807, 2.05) is 11.8 Å². The van der Waals surface area contributed by atoms with E-state index in [-0.39, 0.29) is 0 Å². The summed E-state index contributed by atoms with van der Waals surface area (Å²) in [5.74, 6) is 1.21. The van der Waals surface area contributed by atoms with Gasteiger partial charge in [0.2, 0.25) is 0 Å². The summed E-state index contributed by atoms with van der Waals surface area (Å²) in [6.45, 7) is 6.02. The maximum atomic E-state index is 8.08. The van der Waals surface area contributed by atoms with E-state index < -0.39 is 0 Å². The molecular formula is C7H14N4S. The predicted molar refractivity (Wildman–Crippen MR) is 52.4 cm³/mol. The van der Waals surface area contributed by atoms with E-state index >= 15 is 0 Å². The van der Waals surface area contributed by atoms with Gasteiger partial charge in [0.15, 0.2) is 0 Å². The molecule has 0 N–H and O–H groups in total. The fourth-order valence-corrected chi connectivity index (χ4v) is 2.41. The van der Waals surface area contributed by atoms with Gasteiger partial charge in [-0.2, -0.15) is 11.8 Å². The largest absolute Gasteiger partial charge is 0.301 e. The lowest BCUT2D eigenvalue weighted by Gasteiger charge is -2.29. The molecule has 0 saturated carbocycles. The molecule has 1 aliphatic rings. The first-order valence-corrected chi connectivity index (χ1v) is 5.22. The summed E-state index contributed by atoms with van der Waals surface area (Å²) in [7, 11) is 0. The van der Waals surface area contributed by atoms with Crippen LogP contribution in [0.3, 0.4) is 0 Å². The first-order valence-electron chi connectivity index (χ1n) is 4.17. The van der Waals surface area contributed by atoms with Crippen LogP contribution in [-0.2, 0) is 0 Å². The van der Waals surface area contributed by atoms with Gasteiger partial charge in [-0.25, -0.2) is 0 Å². The highest BCUT2D eigenvalue weighted by Crippen LogP contribution is 2.16. The van der Waals surface area contributed by atoms with Crippen LogP contribution < -0.4 is 0 Å². The van der Waals surface area contributed by atoms with Crippen LogP contribution in [0.25, 0.3) is 10.4 Å². The standard InChI is InChI=1S/C7H14N4S/c1-7-6-11(4-5-12-7)3-2-9-10-8/h7H,2-6H2,1H3. The van der Waals surface area contributed by atoms with E-state index in [4.69, 9.17) is 5.53 Å². The van der Waals surface area contributed by atoms with Crippen molar-refractivity contribution in [3.8, 4) is 0 Å². The lowest BCUT2D eigenvalue weighted by molar-refractivity contribution is 0.294. The highest BCUT2D eigenvalue weighted by atomic mass is 32.2. The molecule has 1 aliphatic heterocycles. The third kappa shape index (κ3) is 3.34. The summed E-state index contributed by atoms with van der Waals surface area (Å²) >= 11 is 2.02. The van der Waals surface area contributed by atoms with Gasteiger partial charge in [0.05, 0.1) is 0 Å². The molecule has 1 heterocycles. The Labute approximate surface area is 76.9 Å². The Morgan fingerprint density at radius 2 is 2.58 bits per heavy atom. The minimum absolute atomic E-state index is 0.605. The zero-order valence-corrected chi connectivity index (χ0v) is 8.13. The van der Waals surface area contributed by atoms with Gasteiger partial charge in [-0.15, -0.1) is 0 Å². The van der Waals surface area contributed by atoms with Crippen molar-refractivity contribution in [1.29, 1.82) is 0 Å². The highest BCUT2D eigenvalue weighted by Gasteiger charge is 2.15. The molecule has 12 heavy (non-hydrogen) atoms. The number of rotatable bonds is 3. The topological polar surface area (TPSA) is 52.0 Å². The third-order valence-electron chi connectivity index (χ3n) is 1.90. The Morgan fingerprint density at radius 1 is 1.75 bits per heavy atom. The monoisotopic (exact) mass is 186 g/mol. The molecule has 0 aromatic rings. The van der Waals surface area contributed by atoms with Gasteiger partial charge in [0.1, 0.15) is 0 Å². The van der Waals surface area contributed by atoms with E-state index in [1.165, 1.54) is 5.75 Å². The molecule has 1 atom stereocenters. The maximum Gasteiger partial charge on any atom is 0.0385 e. The van der Waals surface area contributed by atoms with E-state index in [1.54, 1.807) is 0 Å². The molecule has 1 saturated heterocycles. The minimum Gasteiger partial charge on any atom is -0.301 e. The highest BCUT2D eigenvalue weighted by molar-refractivity contribution is 7.99. The average Bonchev–Trinajstić information content (AvgIpc) is 2.05. The summed E-state index contributed by atoms with van der Waals surface area (Å²) < 4.78 is 0.